The van der Waals surface area contributed by atoms with Crippen LogP contribution in [0.25, 0.3) is 0 Å². The Labute approximate surface area is 120 Å². The van der Waals surface area contributed by atoms with Crippen LogP contribution in [0, 0.1) is 0 Å². The van der Waals surface area contributed by atoms with Crippen LogP contribution in [0.1, 0.15) is 20.8 Å². The van der Waals surface area contributed by atoms with E-state index in [2.05, 4.69) is 11.9 Å². The number of nitrogens with one attached hydrogen (secondary N) is 1. The van der Waals surface area contributed by atoms with Crippen LogP contribution in [0.5, 0.6) is 11.5 Å². The number of para-hydroxylation sites is 2. The SMILES string of the molecule is C=CCN/C(C)=C\C(=O)Oc1ccccc1OC(C)C. The van der Waals surface area contributed by atoms with Crippen LogP contribution in [-0.4, -0.2) is 18.6 Å². The third kappa shape index (κ3) is 5.61. The van der Waals surface area contributed by atoms with Crippen molar-refractivity contribution in [2.75, 3.05) is 6.54 Å². The maximum atomic E-state index is 11.8. The van der Waals surface area contributed by atoms with Crippen LogP contribution in [0.3, 0.4) is 0 Å². The minimum Gasteiger partial charge on any atom is -0.487 e. The van der Waals surface area contributed by atoms with Gasteiger partial charge < -0.3 is 14.8 Å². The van der Waals surface area contributed by atoms with Crippen LogP contribution in [-0.2, 0) is 4.79 Å². The summed E-state index contributed by atoms with van der Waals surface area (Å²) in [7, 11) is 0. The summed E-state index contributed by atoms with van der Waals surface area (Å²) >= 11 is 0. The molecule has 1 aromatic rings. The molecule has 1 rings (SSSR count). The molecule has 0 unspecified atom stereocenters. The van der Waals surface area contributed by atoms with Crippen molar-refractivity contribution in [2.24, 2.45) is 0 Å². The Kier molecular flexibility index (Phi) is 6.37. The van der Waals surface area contributed by atoms with Crippen molar-refractivity contribution >= 4 is 5.97 Å². The molecule has 4 heteroatoms. The van der Waals surface area contributed by atoms with Gasteiger partial charge >= 0.3 is 5.97 Å². The van der Waals surface area contributed by atoms with Gasteiger partial charge in [0.25, 0.3) is 0 Å². The molecule has 1 N–H and O–H groups in total. The van der Waals surface area contributed by atoms with Gasteiger partial charge in [0.15, 0.2) is 11.5 Å². The van der Waals surface area contributed by atoms with Crippen molar-refractivity contribution in [1.29, 1.82) is 0 Å². The molecule has 108 valence electrons. The Morgan fingerprint density at radius 3 is 2.60 bits per heavy atom. The molecular weight excluding hydrogens is 254 g/mol. The summed E-state index contributed by atoms with van der Waals surface area (Å²) < 4.78 is 10.9. The van der Waals surface area contributed by atoms with E-state index in [9.17, 15) is 4.79 Å². The van der Waals surface area contributed by atoms with E-state index >= 15 is 0 Å². The number of esters is 1. The van der Waals surface area contributed by atoms with Gasteiger partial charge in [-0.1, -0.05) is 18.2 Å². The summed E-state index contributed by atoms with van der Waals surface area (Å²) in [6.45, 7) is 9.83. The third-order valence-electron chi connectivity index (χ3n) is 2.28. The van der Waals surface area contributed by atoms with Crippen molar-refractivity contribution < 1.29 is 14.3 Å². The summed E-state index contributed by atoms with van der Waals surface area (Å²) in [6.07, 6.45) is 3.13. The minimum absolute atomic E-state index is 0.0152. The average Bonchev–Trinajstić information content (AvgIpc) is 2.38. The van der Waals surface area contributed by atoms with Gasteiger partial charge in [0, 0.05) is 18.3 Å². The standard InChI is InChI=1S/C16H21NO3/c1-5-10-17-13(4)11-16(18)20-15-9-7-6-8-14(15)19-12(2)3/h5-9,11-12,17H,1,10H2,2-4H3/b13-11-. The molecule has 0 spiro atoms. The highest BCUT2D eigenvalue weighted by Gasteiger charge is 2.09. The highest BCUT2D eigenvalue weighted by Crippen LogP contribution is 2.27. The molecule has 0 saturated carbocycles. The second kappa shape index (κ2) is 8.04. The van der Waals surface area contributed by atoms with Gasteiger partial charge in [-0.2, -0.15) is 0 Å². The Balaban J connectivity index is 2.72. The van der Waals surface area contributed by atoms with Gasteiger partial charge in [-0.25, -0.2) is 4.79 Å². The third-order valence-corrected chi connectivity index (χ3v) is 2.28. The molecule has 0 fully saturated rings. The van der Waals surface area contributed by atoms with Gasteiger partial charge in [0.1, 0.15) is 0 Å². The van der Waals surface area contributed by atoms with Gasteiger partial charge in [-0.15, -0.1) is 6.58 Å². The van der Waals surface area contributed by atoms with Gasteiger partial charge in [-0.05, 0) is 32.9 Å². The van der Waals surface area contributed by atoms with E-state index in [0.717, 1.165) is 5.70 Å². The van der Waals surface area contributed by atoms with Gasteiger partial charge in [0.05, 0.1) is 6.10 Å². The zero-order valence-corrected chi connectivity index (χ0v) is 12.2. The minimum atomic E-state index is -0.445. The van der Waals surface area contributed by atoms with Crippen molar-refractivity contribution in [1.82, 2.24) is 5.32 Å². The molecule has 0 saturated heterocycles. The van der Waals surface area contributed by atoms with E-state index in [1.165, 1.54) is 6.08 Å². The number of allylic oxidation sites excluding steroid dienone is 1. The average molecular weight is 275 g/mol. The number of carbonyl (C=O) groups is 1. The monoisotopic (exact) mass is 275 g/mol. The number of rotatable bonds is 7. The van der Waals surface area contributed by atoms with Gasteiger partial charge in [0.2, 0.25) is 0 Å². The summed E-state index contributed by atoms with van der Waals surface area (Å²) in [6, 6.07) is 7.11. The van der Waals surface area contributed by atoms with Gasteiger partial charge in [-0.3, -0.25) is 0 Å². The van der Waals surface area contributed by atoms with Crippen LogP contribution < -0.4 is 14.8 Å². The largest absolute Gasteiger partial charge is 0.487 e. The second-order valence-electron chi connectivity index (χ2n) is 4.53. The number of benzene rings is 1. The molecule has 20 heavy (non-hydrogen) atoms. The molecule has 1 aromatic carbocycles. The molecule has 0 aliphatic carbocycles. The first-order valence-electron chi connectivity index (χ1n) is 6.53. The van der Waals surface area contributed by atoms with Crippen molar-refractivity contribution in [3.8, 4) is 11.5 Å². The molecule has 4 nitrogen and oxygen atoms in total. The maximum absolute atomic E-state index is 11.8. The quantitative estimate of drug-likeness (QED) is 0.359. The first-order valence-corrected chi connectivity index (χ1v) is 6.53. The lowest BCUT2D eigenvalue weighted by Crippen LogP contribution is -2.14. The highest BCUT2D eigenvalue weighted by atomic mass is 16.6. The lowest BCUT2D eigenvalue weighted by Gasteiger charge is -2.13. The summed E-state index contributed by atoms with van der Waals surface area (Å²) in [4.78, 5) is 11.8. The zero-order valence-electron chi connectivity index (χ0n) is 12.2. The predicted molar refractivity (Wildman–Crippen MR) is 79.8 cm³/mol. The first kappa shape index (κ1) is 15.8. The zero-order chi connectivity index (χ0) is 15.0. The Hall–Kier alpha value is -2.23. The first-order chi connectivity index (χ1) is 9.52. The molecule has 0 bridgehead atoms. The van der Waals surface area contributed by atoms with Crippen molar-refractivity contribution in [3.05, 3.63) is 48.7 Å². The van der Waals surface area contributed by atoms with Crippen LogP contribution in [0.15, 0.2) is 48.7 Å². The van der Waals surface area contributed by atoms with E-state index < -0.39 is 5.97 Å². The fraction of sp³-hybridized carbons (Fsp3) is 0.312. The molecule has 0 heterocycles. The maximum Gasteiger partial charge on any atom is 0.338 e. The molecule has 0 aliphatic heterocycles. The summed E-state index contributed by atoms with van der Waals surface area (Å²) in [5.74, 6) is 0.527. The topological polar surface area (TPSA) is 47.6 Å². The summed E-state index contributed by atoms with van der Waals surface area (Å²) in [5, 5.41) is 3.01. The lowest BCUT2D eigenvalue weighted by molar-refractivity contribution is -0.129. The van der Waals surface area contributed by atoms with Crippen molar-refractivity contribution in [2.45, 2.75) is 26.9 Å². The smallest absolute Gasteiger partial charge is 0.338 e. The molecule has 0 amide bonds. The Morgan fingerprint density at radius 1 is 1.35 bits per heavy atom. The highest BCUT2D eigenvalue weighted by molar-refractivity contribution is 5.85. The predicted octanol–water partition coefficient (Wildman–Crippen LogP) is 3.06. The van der Waals surface area contributed by atoms with Crippen molar-refractivity contribution in [3.63, 3.8) is 0 Å². The molecule has 0 aliphatic rings. The fourth-order valence-corrected chi connectivity index (χ4v) is 1.48. The molecule has 0 aromatic heterocycles. The Morgan fingerprint density at radius 2 is 2.00 bits per heavy atom. The number of hydrogen-bond acceptors (Lipinski definition) is 4. The van der Waals surface area contributed by atoms with Crippen LogP contribution >= 0.6 is 0 Å². The fourth-order valence-electron chi connectivity index (χ4n) is 1.48. The van der Waals surface area contributed by atoms with E-state index in [1.54, 1.807) is 31.2 Å². The summed E-state index contributed by atoms with van der Waals surface area (Å²) in [5.41, 5.74) is 0.720. The van der Waals surface area contributed by atoms with E-state index in [4.69, 9.17) is 9.47 Å². The molecular formula is C16H21NO3. The van der Waals surface area contributed by atoms with E-state index in [1.807, 2.05) is 19.9 Å². The number of hydrogen-bond donors (Lipinski definition) is 1. The molecule has 0 radical (unpaired) electrons. The number of carbonyl (C=O) groups excluding carboxylic acids is 1. The normalized spacial score (nSPS) is 11.1. The lowest BCUT2D eigenvalue weighted by atomic mass is 10.3. The van der Waals surface area contributed by atoms with E-state index in [-0.39, 0.29) is 6.10 Å². The second-order valence-corrected chi connectivity index (χ2v) is 4.53. The van der Waals surface area contributed by atoms with Crippen LogP contribution in [0.4, 0.5) is 0 Å². The van der Waals surface area contributed by atoms with E-state index in [0.29, 0.717) is 18.0 Å². The molecule has 0 atom stereocenters. The Bertz CT molecular complexity index is 492. The number of ether oxygens (including phenoxy) is 2. The van der Waals surface area contributed by atoms with Crippen LogP contribution in [0.2, 0.25) is 0 Å².